The largest absolute Gasteiger partial charge is 0.416 e. The first-order chi connectivity index (χ1) is 22.1. The summed E-state index contributed by atoms with van der Waals surface area (Å²) >= 11 is 0. The normalized spacial score (nSPS) is 15.7. The molecule has 5 rings (SSSR count). The van der Waals surface area contributed by atoms with Crippen molar-refractivity contribution in [2.24, 2.45) is 0 Å². The molecule has 0 fully saturated rings. The third kappa shape index (κ3) is 5.43. The molecule has 0 radical (unpaired) electrons. The predicted octanol–water partition coefficient (Wildman–Crippen LogP) is 8.28. The summed E-state index contributed by atoms with van der Waals surface area (Å²) in [7, 11) is 0. The number of carbonyl (C=O) groups is 4. The summed E-state index contributed by atoms with van der Waals surface area (Å²) in [4.78, 5) is 48.6. The van der Waals surface area contributed by atoms with Crippen LogP contribution in [0, 0.1) is 0 Å². The van der Waals surface area contributed by atoms with Gasteiger partial charge in [-0.3, -0.25) is 0 Å². The molecule has 2 aliphatic rings. The highest BCUT2D eigenvalue weighted by atomic mass is 19.4. The van der Waals surface area contributed by atoms with Crippen LogP contribution in [0.15, 0.2) is 42.5 Å². The third-order valence-electron chi connectivity index (χ3n) is 7.47. The molecule has 0 unspecified atom stereocenters. The smallest absolute Gasteiger partial charge is 0.386 e. The van der Waals surface area contributed by atoms with Gasteiger partial charge in [-0.2, -0.15) is 65.9 Å². The van der Waals surface area contributed by atoms with Crippen molar-refractivity contribution < 1.29 is 94.5 Å². The monoisotopic (exact) mass is 724 g/mol. The third-order valence-corrected chi connectivity index (χ3v) is 7.47. The molecule has 0 aliphatic carbocycles. The summed E-state index contributed by atoms with van der Waals surface area (Å²) < 4.78 is 227. The summed E-state index contributed by atoms with van der Waals surface area (Å²) in [6.45, 7) is 0. The fourth-order valence-electron chi connectivity index (χ4n) is 5.53. The average Bonchev–Trinajstić information content (AvgIpc) is 3.37. The number of hydrogen-bond acceptors (Lipinski definition) is 6. The van der Waals surface area contributed by atoms with Crippen LogP contribution in [0.3, 0.4) is 0 Å². The van der Waals surface area contributed by atoms with E-state index < -0.39 is 164 Å². The topological polar surface area (TPSA) is 86.7 Å². The summed E-state index contributed by atoms with van der Waals surface area (Å²) in [5, 5.41) is 0. The summed E-state index contributed by atoms with van der Waals surface area (Å²) in [6.07, 6.45) is -31.6. The second-order valence-electron chi connectivity index (χ2n) is 10.2. The number of fused-ring (bicyclic) bond motifs is 2. The molecule has 21 heteroatoms. The van der Waals surface area contributed by atoms with Crippen molar-refractivity contribution in [2.75, 3.05) is 0 Å². The van der Waals surface area contributed by atoms with Crippen molar-refractivity contribution in [2.45, 2.75) is 36.3 Å². The molecule has 49 heavy (non-hydrogen) atoms. The summed E-state index contributed by atoms with van der Waals surface area (Å²) in [6, 6.07) is -4.31. The first-order valence-electron chi connectivity index (χ1n) is 12.5. The van der Waals surface area contributed by atoms with Crippen LogP contribution < -0.4 is 0 Å². The molecule has 3 aromatic rings. The zero-order valence-corrected chi connectivity index (χ0v) is 22.7. The van der Waals surface area contributed by atoms with E-state index in [2.05, 4.69) is 9.47 Å². The van der Waals surface area contributed by atoms with Gasteiger partial charge < -0.3 is 9.47 Å². The quantitative estimate of drug-likeness (QED) is 0.117. The molecular weight excluding hydrogens is 717 g/mol. The van der Waals surface area contributed by atoms with Crippen LogP contribution in [0.25, 0.3) is 0 Å². The van der Waals surface area contributed by atoms with Gasteiger partial charge in [-0.1, -0.05) is 6.07 Å². The Balaban J connectivity index is 2.17. The predicted molar refractivity (Wildman–Crippen MR) is 125 cm³/mol. The maximum atomic E-state index is 15.8. The van der Waals surface area contributed by atoms with Crippen LogP contribution in [-0.2, 0) is 39.6 Å². The number of carbonyl (C=O) groups excluding carboxylic acids is 4. The molecular formula is C28H7F15O6. The van der Waals surface area contributed by atoms with Gasteiger partial charge in [-0.25, -0.2) is 19.2 Å². The Hall–Kier alpha value is -5.11. The minimum Gasteiger partial charge on any atom is -0.386 e. The van der Waals surface area contributed by atoms with E-state index in [1.165, 1.54) is 0 Å². The molecule has 0 atom stereocenters. The molecule has 2 aliphatic heterocycles. The molecule has 0 aromatic heterocycles. The Kier molecular flexibility index (Phi) is 7.50. The molecule has 0 saturated carbocycles. The average molecular weight is 724 g/mol. The second kappa shape index (κ2) is 10.4. The van der Waals surface area contributed by atoms with Crippen LogP contribution in [0.1, 0.15) is 80.4 Å². The molecule has 260 valence electrons. The van der Waals surface area contributed by atoms with E-state index >= 15 is 13.2 Å². The number of ether oxygens (including phenoxy) is 2. The molecule has 0 spiro atoms. The lowest BCUT2D eigenvalue weighted by atomic mass is 9.63. The van der Waals surface area contributed by atoms with Gasteiger partial charge in [0.05, 0.1) is 44.5 Å². The van der Waals surface area contributed by atoms with E-state index in [0.29, 0.717) is 0 Å². The number of halogens is 15. The van der Waals surface area contributed by atoms with Gasteiger partial charge in [-0.15, -0.1) is 0 Å². The van der Waals surface area contributed by atoms with E-state index in [1.807, 2.05) is 0 Å². The van der Waals surface area contributed by atoms with Crippen molar-refractivity contribution in [3.8, 4) is 0 Å². The lowest BCUT2D eigenvalue weighted by Crippen LogP contribution is -2.48. The highest BCUT2D eigenvalue weighted by Gasteiger charge is 2.65. The highest BCUT2D eigenvalue weighted by molar-refractivity contribution is 6.16. The van der Waals surface area contributed by atoms with Gasteiger partial charge in [-0.05, 0) is 53.1 Å². The van der Waals surface area contributed by atoms with E-state index in [4.69, 9.17) is 0 Å². The molecule has 3 aromatic carbocycles. The Morgan fingerprint density at radius 1 is 0.367 bits per heavy atom. The fraction of sp³-hybridized carbons (Fsp3) is 0.214. The minimum absolute atomic E-state index is 0.498. The number of alkyl halides is 15. The fourth-order valence-corrected chi connectivity index (χ4v) is 5.53. The van der Waals surface area contributed by atoms with Crippen molar-refractivity contribution in [3.05, 3.63) is 104 Å². The molecule has 0 saturated heterocycles. The first-order valence-corrected chi connectivity index (χ1v) is 12.5. The molecule has 0 bridgehead atoms. The highest BCUT2D eigenvalue weighted by Crippen LogP contribution is 2.59. The Labute approximate surface area is 259 Å². The summed E-state index contributed by atoms with van der Waals surface area (Å²) in [5.74, 6) is -7.85. The lowest BCUT2D eigenvalue weighted by Gasteiger charge is -2.41. The van der Waals surface area contributed by atoms with Gasteiger partial charge in [0.15, 0.2) is 0 Å². The van der Waals surface area contributed by atoms with Gasteiger partial charge in [0.2, 0.25) is 0 Å². The van der Waals surface area contributed by atoms with Gasteiger partial charge in [0.25, 0.3) is 0 Å². The van der Waals surface area contributed by atoms with Gasteiger partial charge >= 0.3 is 54.8 Å². The standard InChI is InChI=1S/C28H7F15O6/c29-24(30,31)8-1-2-13(16(3-8)25(32,33)34)23(28(41,42)43,14-4-9-11(21(46)48-19(9)44)6-17(14)26(35,36)37)15-5-10-12(22(47)49-20(10)45)7-18(15)27(38,39)40/h1-7H. The molecule has 2 heterocycles. The Morgan fingerprint density at radius 3 is 0.959 bits per heavy atom. The zero-order valence-electron chi connectivity index (χ0n) is 22.7. The van der Waals surface area contributed by atoms with E-state index in [9.17, 15) is 71.9 Å². The van der Waals surface area contributed by atoms with Crippen molar-refractivity contribution >= 4 is 23.9 Å². The lowest BCUT2D eigenvalue weighted by molar-refractivity contribution is -0.177. The maximum absolute atomic E-state index is 15.8. The number of cyclic esters (lactones) is 4. The number of esters is 4. The van der Waals surface area contributed by atoms with Crippen LogP contribution in [0.4, 0.5) is 65.9 Å². The number of benzene rings is 3. The first kappa shape index (κ1) is 35.2. The van der Waals surface area contributed by atoms with Crippen LogP contribution >= 0.6 is 0 Å². The molecule has 6 nitrogen and oxygen atoms in total. The number of hydrogen-bond donors (Lipinski definition) is 0. The molecule has 0 N–H and O–H groups in total. The second-order valence-corrected chi connectivity index (χ2v) is 10.2. The van der Waals surface area contributed by atoms with Gasteiger partial charge in [0, 0.05) is 0 Å². The molecule has 0 amide bonds. The van der Waals surface area contributed by atoms with Crippen molar-refractivity contribution in [3.63, 3.8) is 0 Å². The van der Waals surface area contributed by atoms with Crippen LogP contribution in [0.5, 0.6) is 0 Å². The van der Waals surface area contributed by atoms with Crippen molar-refractivity contribution in [1.82, 2.24) is 0 Å². The van der Waals surface area contributed by atoms with Crippen LogP contribution in [-0.4, -0.2) is 30.1 Å². The Morgan fingerprint density at radius 2 is 0.673 bits per heavy atom. The minimum atomic E-state index is -6.91. The SMILES string of the molecule is O=C1OC(=O)c2cc(C(c3ccc(C(F)(F)F)cc3C(F)(F)F)(c3cc4c(cc3C(F)(F)F)C(=O)OC4=O)C(F)(F)F)c(C(F)(F)F)cc21. The van der Waals surface area contributed by atoms with Crippen molar-refractivity contribution in [1.29, 1.82) is 0 Å². The maximum Gasteiger partial charge on any atom is 0.416 e. The number of rotatable bonds is 3. The van der Waals surface area contributed by atoms with E-state index in [0.717, 1.165) is 0 Å². The zero-order chi connectivity index (χ0) is 37.0. The van der Waals surface area contributed by atoms with E-state index in [1.54, 1.807) is 0 Å². The Bertz CT molecular complexity index is 1880. The summed E-state index contributed by atoms with van der Waals surface area (Å²) in [5.41, 5.74) is -30.6. The van der Waals surface area contributed by atoms with Crippen LogP contribution in [0.2, 0.25) is 0 Å². The van der Waals surface area contributed by atoms with Gasteiger partial charge in [0.1, 0.15) is 5.41 Å². The van der Waals surface area contributed by atoms with E-state index in [-0.39, 0.29) is 0 Å².